The van der Waals surface area contributed by atoms with Crippen LogP contribution >= 0.6 is 7.95 Å². The van der Waals surface area contributed by atoms with Crippen LogP contribution in [0.4, 0.5) is 0 Å². The molecule has 1 fully saturated rings. The molecule has 9 N–H and O–H groups in total. The number of rotatable bonds is 9. The third kappa shape index (κ3) is 5.48. The van der Waals surface area contributed by atoms with Crippen LogP contribution in [0.2, 0.25) is 0 Å². The van der Waals surface area contributed by atoms with Crippen molar-refractivity contribution in [1.29, 1.82) is 0 Å². The van der Waals surface area contributed by atoms with Crippen molar-refractivity contribution >= 4 is 25.7 Å². The molecule has 1 aliphatic heterocycles. The van der Waals surface area contributed by atoms with Crippen LogP contribution in [0, 0.1) is 0 Å². The molecule has 1 rings (SSSR count). The van der Waals surface area contributed by atoms with E-state index in [2.05, 4.69) is 15.7 Å². The van der Waals surface area contributed by atoms with Gasteiger partial charge in [-0.1, -0.05) is 12.0 Å². The molecule has 1 aliphatic rings. The van der Waals surface area contributed by atoms with E-state index in [1.165, 1.54) is 0 Å². The van der Waals surface area contributed by atoms with Crippen LogP contribution in [0.25, 0.3) is 0 Å². The molecule has 11 heteroatoms. The summed E-state index contributed by atoms with van der Waals surface area (Å²) in [5.41, 5.74) is 14.1. The van der Waals surface area contributed by atoms with Gasteiger partial charge in [0.15, 0.2) is 5.66 Å². The molecule has 10 nitrogen and oxygen atoms in total. The third-order valence-electron chi connectivity index (χ3n) is 3.70. The summed E-state index contributed by atoms with van der Waals surface area (Å²) < 4.78 is 12.5. The van der Waals surface area contributed by atoms with Crippen molar-refractivity contribution < 1.29 is 18.9 Å². The van der Waals surface area contributed by atoms with Gasteiger partial charge in [-0.05, 0) is 17.4 Å². The highest BCUT2D eigenvalue weighted by Crippen LogP contribution is 2.32. The minimum atomic E-state index is -2.33. The lowest BCUT2D eigenvalue weighted by atomic mass is 10.0. The van der Waals surface area contributed by atoms with Crippen molar-refractivity contribution in [3.8, 4) is 0 Å². The maximum absolute atomic E-state index is 12.5. The predicted molar refractivity (Wildman–Crippen MR) is 88.8 cm³/mol. The lowest BCUT2D eigenvalue weighted by Gasteiger charge is -2.27. The second-order valence-electron chi connectivity index (χ2n) is 5.83. The normalized spacial score (nSPS) is 22.0. The van der Waals surface area contributed by atoms with Crippen LogP contribution < -0.4 is 32.9 Å². The smallest absolute Gasteiger partial charge is 0.368 e. The van der Waals surface area contributed by atoms with E-state index in [4.69, 9.17) is 17.2 Å². The monoisotopic (exact) mass is 361 g/mol. The Hall–Kier alpha value is -1.61. The molecule has 1 saturated heterocycles. The molecule has 0 aliphatic carbocycles. The van der Waals surface area contributed by atoms with Gasteiger partial charge in [-0.25, -0.2) is 0 Å². The van der Waals surface area contributed by atoms with Gasteiger partial charge in [-0.2, -0.15) is 0 Å². The maximum atomic E-state index is 12.5. The fourth-order valence-electron chi connectivity index (χ4n) is 2.29. The molecular weight excluding hydrogens is 335 g/mol. The number of nitrogens with two attached hydrogens (primary N) is 3. The minimum Gasteiger partial charge on any atom is -0.368 e. The standard InChI is InChI=1S/C13H25N6O4P/c1-2-5-18-12(22)13(16,7-8(14)10(15)20)19-24(23)9-4-3-6-17-11(9)21/h8-9H,2-7,14,16H2,1H3,(H4-,15,17,18,19,20,21,22,23)/p+1/t8?,9-,13?/m0/s1. The quantitative estimate of drug-likeness (QED) is 0.202. The Kier molecular flexibility index (Phi) is 7.68. The Labute approximate surface area is 141 Å². The summed E-state index contributed by atoms with van der Waals surface area (Å²) in [6.45, 7) is 2.73. The van der Waals surface area contributed by atoms with Gasteiger partial charge in [0, 0.05) is 25.9 Å². The number of hydrogen-bond donors (Lipinski definition) is 6. The van der Waals surface area contributed by atoms with E-state index in [9.17, 15) is 18.9 Å². The maximum Gasteiger partial charge on any atom is 0.447 e. The largest absolute Gasteiger partial charge is 0.447 e. The summed E-state index contributed by atoms with van der Waals surface area (Å²) >= 11 is 0. The average Bonchev–Trinajstić information content (AvgIpc) is 2.52. The minimum absolute atomic E-state index is 0.340. The molecule has 0 saturated carbocycles. The van der Waals surface area contributed by atoms with E-state index in [1.807, 2.05) is 6.92 Å². The predicted octanol–water partition coefficient (Wildman–Crippen LogP) is -2.02. The molecule has 3 unspecified atom stereocenters. The van der Waals surface area contributed by atoms with Gasteiger partial charge < -0.3 is 27.8 Å². The van der Waals surface area contributed by atoms with Crippen molar-refractivity contribution in [1.82, 2.24) is 15.7 Å². The van der Waals surface area contributed by atoms with Crippen LogP contribution in [0.1, 0.15) is 32.6 Å². The van der Waals surface area contributed by atoms with Crippen molar-refractivity contribution in [2.75, 3.05) is 13.1 Å². The number of primary amides is 1. The third-order valence-corrected chi connectivity index (χ3v) is 5.38. The summed E-state index contributed by atoms with van der Waals surface area (Å²) in [5.74, 6) is -1.84. The first-order valence-electron chi connectivity index (χ1n) is 7.85. The lowest BCUT2D eigenvalue weighted by molar-refractivity contribution is -0.128. The molecule has 0 aromatic rings. The summed E-state index contributed by atoms with van der Waals surface area (Å²) in [4.78, 5) is 35.4. The Morgan fingerprint density at radius 1 is 1.50 bits per heavy atom. The SMILES string of the molecule is CCCNC(=O)C(N)(CC(N)C(N)=O)N[P+](=O)[C@H]1CCCNC1=O. The number of carbonyl (C=O) groups is 3. The second-order valence-corrected chi connectivity index (χ2v) is 7.33. The zero-order valence-corrected chi connectivity index (χ0v) is 14.6. The Morgan fingerprint density at radius 3 is 2.71 bits per heavy atom. The number of amides is 3. The van der Waals surface area contributed by atoms with E-state index in [-0.39, 0.29) is 12.3 Å². The van der Waals surface area contributed by atoms with Crippen LogP contribution in [0.15, 0.2) is 0 Å². The van der Waals surface area contributed by atoms with E-state index in [0.717, 1.165) is 0 Å². The van der Waals surface area contributed by atoms with Crippen LogP contribution in [-0.2, 0) is 18.9 Å². The summed E-state index contributed by atoms with van der Waals surface area (Å²) in [5, 5.41) is 7.71. The first-order valence-corrected chi connectivity index (χ1v) is 9.18. The molecular formula is C13H26N6O4P+. The van der Waals surface area contributed by atoms with Crippen molar-refractivity contribution in [3.63, 3.8) is 0 Å². The van der Waals surface area contributed by atoms with E-state index in [0.29, 0.717) is 32.4 Å². The fraction of sp³-hybridized carbons (Fsp3) is 0.769. The van der Waals surface area contributed by atoms with Crippen LogP contribution in [0.3, 0.4) is 0 Å². The molecule has 0 spiro atoms. The number of piperidine rings is 1. The fourth-order valence-corrected chi connectivity index (χ4v) is 3.75. The average molecular weight is 361 g/mol. The zero-order valence-electron chi connectivity index (χ0n) is 13.7. The van der Waals surface area contributed by atoms with Gasteiger partial charge in [0.25, 0.3) is 17.5 Å². The topological polar surface area (TPSA) is 182 Å². The first kappa shape index (κ1) is 20.4. The zero-order chi connectivity index (χ0) is 18.3. The van der Waals surface area contributed by atoms with Gasteiger partial charge in [-0.3, -0.25) is 14.4 Å². The van der Waals surface area contributed by atoms with E-state index < -0.39 is 37.1 Å². The number of nitrogens with one attached hydrogen (secondary N) is 3. The molecule has 0 aromatic carbocycles. The van der Waals surface area contributed by atoms with Crippen molar-refractivity contribution in [2.24, 2.45) is 17.2 Å². The van der Waals surface area contributed by atoms with Gasteiger partial charge >= 0.3 is 7.95 Å². The van der Waals surface area contributed by atoms with Crippen LogP contribution in [-0.4, -0.2) is 48.2 Å². The molecule has 3 amide bonds. The number of carbonyl (C=O) groups excluding carboxylic acids is 3. The Bertz CT molecular complexity index is 517. The van der Waals surface area contributed by atoms with Crippen molar-refractivity contribution in [2.45, 2.75) is 50.0 Å². The summed E-state index contributed by atoms with van der Waals surface area (Å²) in [7, 11) is -2.33. The Balaban J connectivity index is 2.90. The van der Waals surface area contributed by atoms with E-state index >= 15 is 0 Å². The van der Waals surface area contributed by atoms with E-state index in [1.54, 1.807) is 0 Å². The molecule has 0 bridgehead atoms. The highest BCUT2D eigenvalue weighted by molar-refractivity contribution is 7.44. The van der Waals surface area contributed by atoms with Gasteiger partial charge in [0.1, 0.15) is 0 Å². The molecule has 0 radical (unpaired) electrons. The Morgan fingerprint density at radius 2 is 2.17 bits per heavy atom. The second kappa shape index (κ2) is 9.03. The summed E-state index contributed by atoms with van der Waals surface area (Å²) in [6.07, 6.45) is 1.43. The van der Waals surface area contributed by atoms with Gasteiger partial charge in [0.05, 0.1) is 6.04 Å². The van der Waals surface area contributed by atoms with Gasteiger partial charge in [0.2, 0.25) is 5.91 Å². The van der Waals surface area contributed by atoms with Gasteiger partial charge in [-0.15, -0.1) is 0 Å². The molecule has 24 heavy (non-hydrogen) atoms. The number of hydrogen-bond acceptors (Lipinski definition) is 6. The molecule has 4 atom stereocenters. The first-order chi connectivity index (χ1) is 11.2. The van der Waals surface area contributed by atoms with Crippen molar-refractivity contribution in [3.05, 3.63) is 0 Å². The molecule has 0 aromatic heterocycles. The highest BCUT2D eigenvalue weighted by Gasteiger charge is 2.48. The lowest BCUT2D eigenvalue weighted by Crippen LogP contribution is -2.65. The van der Waals surface area contributed by atoms with Crippen LogP contribution in [0.5, 0.6) is 0 Å². The highest BCUT2D eigenvalue weighted by atomic mass is 31.1. The molecule has 136 valence electrons. The summed E-state index contributed by atoms with van der Waals surface area (Å²) in [6, 6.07) is -1.20. The molecule has 1 heterocycles.